The molecule has 0 amide bonds. The summed E-state index contributed by atoms with van der Waals surface area (Å²) < 4.78 is 10.8. The van der Waals surface area contributed by atoms with E-state index < -0.39 is 0 Å². The number of rotatable bonds is 4. The molecular weight excluding hydrogens is 673 g/mol. The zero-order chi connectivity index (χ0) is 36.6. The van der Waals surface area contributed by atoms with Gasteiger partial charge in [-0.1, -0.05) is 115 Å². The van der Waals surface area contributed by atoms with Crippen molar-refractivity contribution < 1.29 is 4.42 Å². The summed E-state index contributed by atoms with van der Waals surface area (Å²) in [4.78, 5) is 4.05. The fourth-order valence-electron chi connectivity index (χ4n) is 8.56. The van der Waals surface area contributed by atoms with Crippen LogP contribution in [-0.4, -0.2) is 9.13 Å². The average Bonchev–Trinajstić information content (AvgIpc) is 3.91. The molecule has 0 unspecified atom stereocenters. The number of fused-ring (bicyclic) bond motifs is 10. The van der Waals surface area contributed by atoms with Gasteiger partial charge in [0.1, 0.15) is 17.2 Å². The summed E-state index contributed by atoms with van der Waals surface area (Å²) >= 11 is 0. The first-order chi connectivity index (χ1) is 27.2. The van der Waals surface area contributed by atoms with E-state index in [9.17, 15) is 5.26 Å². The Labute approximate surface area is 315 Å². The lowest BCUT2D eigenvalue weighted by Gasteiger charge is -2.17. The van der Waals surface area contributed by atoms with E-state index in [1.54, 1.807) is 0 Å². The van der Waals surface area contributed by atoms with Crippen LogP contribution >= 0.6 is 0 Å². The van der Waals surface area contributed by atoms with E-state index in [0.29, 0.717) is 22.6 Å². The Bertz CT molecular complexity index is 3350. The average molecular weight is 701 g/mol. The van der Waals surface area contributed by atoms with Gasteiger partial charge in [-0.15, -0.1) is 0 Å². The highest BCUT2D eigenvalue weighted by Crippen LogP contribution is 2.45. The fourth-order valence-corrected chi connectivity index (χ4v) is 8.56. The van der Waals surface area contributed by atoms with E-state index in [-0.39, 0.29) is 0 Å². The molecule has 11 aromatic rings. The van der Waals surface area contributed by atoms with Crippen molar-refractivity contribution in [2.75, 3.05) is 0 Å². The molecule has 5 nitrogen and oxygen atoms in total. The van der Waals surface area contributed by atoms with Gasteiger partial charge in [0.2, 0.25) is 5.69 Å². The predicted molar refractivity (Wildman–Crippen MR) is 224 cm³/mol. The number of furan rings is 1. The summed E-state index contributed by atoms with van der Waals surface area (Å²) in [5.41, 5.74) is 11.9. The molecule has 0 saturated heterocycles. The molecule has 0 radical (unpaired) electrons. The van der Waals surface area contributed by atoms with Crippen molar-refractivity contribution in [2.24, 2.45) is 0 Å². The minimum atomic E-state index is 0.402. The maximum atomic E-state index is 11.3. The fraction of sp³-hybridized carbons (Fsp3) is 0. The molecule has 0 N–H and O–H groups in total. The number of nitrogens with zero attached hydrogens (tertiary/aromatic N) is 4. The highest BCUT2D eigenvalue weighted by Gasteiger charge is 2.25. The Morgan fingerprint density at radius 1 is 0.491 bits per heavy atom. The van der Waals surface area contributed by atoms with Gasteiger partial charge in [0.25, 0.3) is 0 Å². The number of benzene rings is 8. The molecule has 254 valence electrons. The van der Waals surface area contributed by atoms with Gasteiger partial charge < -0.3 is 13.6 Å². The topological polar surface area (TPSA) is 51.1 Å². The van der Waals surface area contributed by atoms with Crippen LogP contribution in [0.15, 0.2) is 174 Å². The molecule has 5 heteroatoms. The number of hydrogen-bond acceptors (Lipinski definition) is 2. The summed E-state index contributed by atoms with van der Waals surface area (Å²) in [6.07, 6.45) is 0. The predicted octanol–water partition coefficient (Wildman–Crippen LogP) is 13.5. The Morgan fingerprint density at radius 3 is 1.73 bits per heavy atom. The van der Waals surface area contributed by atoms with Gasteiger partial charge in [0.15, 0.2) is 0 Å². The van der Waals surface area contributed by atoms with Gasteiger partial charge in [-0.3, -0.25) is 0 Å². The largest absolute Gasteiger partial charge is 0.455 e. The van der Waals surface area contributed by atoms with Crippen molar-refractivity contribution in [3.63, 3.8) is 0 Å². The van der Waals surface area contributed by atoms with Crippen LogP contribution in [0, 0.1) is 17.9 Å². The van der Waals surface area contributed by atoms with Crippen molar-refractivity contribution in [3.05, 3.63) is 187 Å². The first kappa shape index (κ1) is 30.7. The second kappa shape index (κ2) is 11.8. The highest BCUT2D eigenvalue weighted by molar-refractivity contribution is 6.24. The quantitative estimate of drug-likeness (QED) is 0.172. The Kier molecular flexibility index (Phi) is 6.61. The van der Waals surface area contributed by atoms with E-state index in [2.05, 4.69) is 135 Å². The van der Waals surface area contributed by atoms with Crippen LogP contribution in [0.5, 0.6) is 0 Å². The molecule has 8 aromatic carbocycles. The van der Waals surface area contributed by atoms with Crippen molar-refractivity contribution in [1.29, 1.82) is 5.26 Å². The zero-order valence-electron chi connectivity index (χ0n) is 29.4. The molecule has 11 rings (SSSR count). The Morgan fingerprint density at radius 2 is 1.07 bits per heavy atom. The summed E-state index contributed by atoms with van der Waals surface area (Å²) in [7, 11) is 0. The third-order valence-corrected chi connectivity index (χ3v) is 11.0. The van der Waals surface area contributed by atoms with E-state index >= 15 is 0 Å². The van der Waals surface area contributed by atoms with Crippen molar-refractivity contribution in [3.8, 4) is 39.7 Å². The first-order valence-corrected chi connectivity index (χ1v) is 18.2. The number of aromatic nitrogens is 2. The molecule has 0 aliphatic carbocycles. The van der Waals surface area contributed by atoms with Gasteiger partial charge >= 0.3 is 0 Å². The van der Waals surface area contributed by atoms with E-state index in [1.807, 2.05) is 54.6 Å². The molecule has 0 bridgehead atoms. The second-order valence-electron chi connectivity index (χ2n) is 13.9. The molecule has 0 fully saturated rings. The molecule has 3 aromatic heterocycles. The van der Waals surface area contributed by atoms with Crippen LogP contribution in [0.25, 0.3) is 104 Å². The SMILES string of the molecule is [C-]#[N+]c1ccc(-n2c3ccccc3c3c4oc5ccccc5c4ccc32)c(C#N)c1-n1c2ccc(-c3ccccc3)cc2c2cc(-c3ccccc3)ccc21. The van der Waals surface area contributed by atoms with Crippen molar-refractivity contribution >= 4 is 71.2 Å². The van der Waals surface area contributed by atoms with Gasteiger partial charge in [-0.05, 0) is 76.9 Å². The van der Waals surface area contributed by atoms with Gasteiger partial charge in [-0.2, -0.15) is 5.26 Å². The van der Waals surface area contributed by atoms with Gasteiger partial charge in [0, 0.05) is 26.9 Å². The van der Waals surface area contributed by atoms with Crippen LogP contribution in [0.1, 0.15) is 5.56 Å². The van der Waals surface area contributed by atoms with Crippen LogP contribution in [-0.2, 0) is 0 Å². The monoisotopic (exact) mass is 700 g/mol. The maximum absolute atomic E-state index is 11.3. The van der Waals surface area contributed by atoms with Crippen LogP contribution < -0.4 is 0 Å². The van der Waals surface area contributed by atoms with Crippen LogP contribution in [0.3, 0.4) is 0 Å². The minimum absolute atomic E-state index is 0.402. The summed E-state index contributed by atoms with van der Waals surface area (Å²) in [5.74, 6) is 0. The molecule has 3 heterocycles. The Balaban J connectivity index is 1.24. The third kappa shape index (κ3) is 4.45. The normalized spacial score (nSPS) is 11.6. The van der Waals surface area contributed by atoms with Gasteiger partial charge in [-0.25, -0.2) is 4.85 Å². The molecule has 0 spiro atoms. The third-order valence-electron chi connectivity index (χ3n) is 11.0. The van der Waals surface area contributed by atoms with Crippen LogP contribution in [0.2, 0.25) is 0 Å². The second-order valence-corrected chi connectivity index (χ2v) is 13.9. The number of para-hydroxylation sites is 2. The minimum Gasteiger partial charge on any atom is -0.455 e. The Hall–Kier alpha value is -7.86. The molecule has 0 atom stereocenters. The summed E-state index contributed by atoms with van der Waals surface area (Å²) in [5, 5.41) is 17.5. The number of nitriles is 1. The maximum Gasteiger partial charge on any atom is 0.212 e. The first-order valence-electron chi connectivity index (χ1n) is 18.2. The molecule has 0 aliphatic heterocycles. The lowest BCUT2D eigenvalue weighted by molar-refractivity contribution is 0.673. The van der Waals surface area contributed by atoms with Crippen molar-refractivity contribution in [1.82, 2.24) is 9.13 Å². The van der Waals surface area contributed by atoms with E-state index in [1.165, 1.54) is 0 Å². The van der Waals surface area contributed by atoms with E-state index in [0.717, 1.165) is 87.8 Å². The van der Waals surface area contributed by atoms with Gasteiger partial charge in [0.05, 0.1) is 51.0 Å². The lowest BCUT2D eigenvalue weighted by atomic mass is 10.0. The highest BCUT2D eigenvalue weighted by atomic mass is 16.3. The number of hydrogen-bond donors (Lipinski definition) is 0. The molecule has 0 saturated carbocycles. The van der Waals surface area contributed by atoms with E-state index in [4.69, 9.17) is 11.0 Å². The molecule has 0 aliphatic rings. The summed E-state index contributed by atoms with van der Waals surface area (Å²) in [6, 6.07) is 60.7. The van der Waals surface area contributed by atoms with Crippen LogP contribution in [0.4, 0.5) is 5.69 Å². The standard InChI is InChI=1S/C50H28N4O/c1-52-41-23-27-45(53-42-18-10-8-17-37(42)48-46(53)26-22-36-35-16-9-11-19-47(35)55-50(36)48)40(30-51)49(41)54-43-24-20-33(31-12-4-2-5-13-31)28-38(43)39-29-34(21-25-44(39)54)32-14-6-3-7-15-32/h2-29H. The zero-order valence-corrected chi connectivity index (χ0v) is 29.4. The molecule has 55 heavy (non-hydrogen) atoms. The summed E-state index contributed by atoms with van der Waals surface area (Å²) in [6.45, 7) is 8.40. The molecular formula is C50H28N4O. The van der Waals surface area contributed by atoms with Crippen molar-refractivity contribution in [2.45, 2.75) is 0 Å². The smallest absolute Gasteiger partial charge is 0.212 e. The lowest BCUT2D eigenvalue weighted by Crippen LogP contribution is -2.04.